The van der Waals surface area contributed by atoms with E-state index in [0.717, 1.165) is 30.8 Å². The molecule has 1 heterocycles. The predicted molar refractivity (Wildman–Crippen MR) is 94.7 cm³/mol. The van der Waals surface area contributed by atoms with Crippen LogP contribution in [0.25, 0.3) is 0 Å². The Morgan fingerprint density at radius 1 is 1.33 bits per heavy atom. The van der Waals surface area contributed by atoms with Gasteiger partial charge in [0.2, 0.25) is 5.95 Å². The molecule has 0 amide bonds. The van der Waals surface area contributed by atoms with Crippen LogP contribution in [0.3, 0.4) is 0 Å². The first-order valence-electron chi connectivity index (χ1n) is 8.98. The Hall–Kier alpha value is -1.24. The lowest BCUT2D eigenvalue weighted by molar-refractivity contribution is -0.152. The van der Waals surface area contributed by atoms with Gasteiger partial charge in [0.05, 0.1) is 5.75 Å². The minimum absolute atomic E-state index is 0.0493. The summed E-state index contributed by atoms with van der Waals surface area (Å²) in [5.41, 5.74) is 5.86. The van der Waals surface area contributed by atoms with Crippen LogP contribution in [0, 0.1) is 17.8 Å². The zero-order chi connectivity index (χ0) is 17.3. The monoisotopic (exact) mass is 352 g/mol. The summed E-state index contributed by atoms with van der Waals surface area (Å²) in [6.07, 6.45) is 5.62. The number of carbonyl (C=O) groups excluding carboxylic acids is 1. The van der Waals surface area contributed by atoms with Crippen LogP contribution < -0.4 is 5.73 Å². The first-order valence-corrected chi connectivity index (χ1v) is 9.97. The number of nitrogens with zero attached hydrogens (tertiary/aromatic N) is 3. The average molecular weight is 353 g/mol. The van der Waals surface area contributed by atoms with Crippen molar-refractivity contribution in [2.45, 2.75) is 70.2 Å². The molecule has 24 heavy (non-hydrogen) atoms. The van der Waals surface area contributed by atoms with Crippen LogP contribution >= 0.6 is 11.8 Å². The number of ether oxygens (including phenoxy) is 1. The van der Waals surface area contributed by atoms with Gasteiger partial charge in [0.25, 0.3) is 0 Å². The van der Waals surface area contributed by atoms with Crippen molar-refractivity contribution in [3.8, 4) is 0 Å². The fourth-order valence-electron chi connectivity index (χ4n) is 3.64. The first-order chi connectivity index (χ1) is 11.5. The molecule has 1 aromatic heterocycles. The van der Waals surface area contributed by atoms with Crippen LogP contribution in [0.4, 0.5) is 5.95 Å². The highest BCUT2D eigenvalue weighted by Gasteiger charge is 2.34. The molecule has 134 valence electrons. The summed E-state index contributed by atoms with van der Waals surface area (Å²) in [6, 6.07) is 0.406. The molecule has 2 N–H and O–H groups in total. The highest BCUT2D eigenvalue weighted by Crippen LogP contribution is 2.39. The van der Waals surface area contributed by atoms with Gasteiger partial charge in [-0.05, 0) is 43.4 Å². The van der Waals surface area contributed by atoms with Gasteiger partial charge in [-0.3, -0.25) is 9.36 Å². The van der Waals surface area contributed by atoms with Crippen molar-refractivity contribution in [3.05, 3.63) is 0 Å². The van der Waals surface area contributed by atoms with Gasteiger partial charge < -0.3 is 10.5 Å². The Bertz CT molecular complexity index is 585. The van der Waals surface area contributed by atoms with E-state index in [4.69, 9.17) is 10.5 Å². The fourth-order valence-corrected chi connectivity index (χ4v) is 4.43. The van der Waals surface area contributed by atoms with Gasteiger partial charge >= 0.3 is 5.97 Å². The Kier molecular flexibility index (Phi) is 5.37. The molecule has 0 aromatic carbocycles. The Morgan fingerprint density at radius 2 is 2.08 bits per heavy atom. The minimum atomic E-state index is -0.159. The highest BCUT2D eigenvalue weighted by molar-refractivity contribution is 7.99. The number of nitrogen functional groups attached to an aromatic ring is 1. The molecule has 0 aliphatic heterocycles. The topological polar surface area (TPSA) is 83.0 Å². The number of nitrogens with two attached hydrogens (primary N) is 1. The number of hydrogen-bond acceptors (Lipinski definition) is 6. The van der Waals surface area contributed by atoms with Crippen LogP contribution in [0.1, 0.15) is 58.9 Å². The van der Waals surface area contributed by atoms with Crippen LogP contribution in [0.2, 0.25) is 0 Å². The van der Waals surface area contributed by atoms with Crippen LogP contribution in [0.15, 0.2) is 5.16 Å². The van der Waals surface area contributed by atoms with Gasteiger partial charge in [-0.2, -0.15) is 0 Å². The summed E-state index contributed by atoms with van der Waals surface area (Å²) in [4.78, 5) is 12.3. The maximum absolute atomic E-state index is 12.3. The Balaban J connectivity index is 1.55. The van der Waals surface area contributed by atoms with Crippen molar-refractivity contribution in [3.63, 3.8) is 0 Å². The second kappa shape index (κ2) is 7.33. The third kappa shape index (κ3) is 4.05. The highest BCUT2D eigenvalue weighted by atomic mass is 32.2. The molecule has 2 aliphatic rings. The van der Waals surface area contributed by atoms with E-state index in [0.29, 0.717) is 29.7 Å². The van der Waals surface area contributed by atoms with Gasteiger partial charge in [0.15, 0.2) is 5.16 Å². The van der Waals surface area contributed by atoms with E-state index in [2.05, 4.69) is 31.0 Å². The van der Waals surface area contributed by atoms with E-state index in [-0.39, 0.29) is 17.8 Å². The number of hydrogen-bond donors (Lipinski definition) is 1. The van der Waals surface area contributed by atoms with Crippen LogP contribution in [0.5, 0.6) is 0 Å². The third-order valence-corrected chi connectivity index (χ3v) is 6.08. The molecule has 0 saturated heterocycles. The van der Waals surface area contributed by atoms with Gasteiger partial charge in [-0.25, -0.2) is 0 Å². The molecular weight excluding hydrogens is 324 g/mol. The molecule has 2 fully saturated rings. The predicted octanol–water partition coefficient (Wildman–Crippen LogP) is 3.29. The zero-order valence-electron chi connectivity index (χ0n) is 14.8. The quantitative estimate of drug-likeness (QED) is 0.625. The molecule has 2 saturated carbocycles. The summed E-state index contributed by atoms with van der Waals surface area (Å²) in [7, 11) is 0. The number of carbonyl (C=O) groups is 1. The normalized spacial score (nSPS) is 27.4. The Morgan fingerprint density at radius 3 is 2.75 bits per heavy atom. The maximum Gasteiger partial charge on any atom is 0.316 e. The average Bonchev–Trinajstić information content (AvgIpc) is 3.28. The molecule has 0 unspecified atom stereocenters. The van der Waals surface area contributed by atoms with E-state index in [9.17, 15) is 4.79 Å². The van der Waals surface area contributed by atoms with E-state index >= 15 is 0 Å². The summed E-state index contributed by atoms with van der Waals surface area (Å²) >= 11 is 1.38. The summed E-state index contributed by atoms with van der Waals surface area (Å²) in [5, 5.41) is 8.75. The second-order valence-electron chi connectivity index (χ2n) is 7.59. The SMILES string of the molecule is CC(C)[C@@H]1CC[C@@H](C)C[C@@H]1OC(=O)CSc1nnc(N)n1C1CC1. The largest absolute Gasteiger partial charge is 0.461 e. The van der Waals surface area contributed by atoms with E-state index in [1.807, 2.05) is 4.57 Å². The third-order valence-electron chi connectivity index (χ3n) is 5.17. The van der Waals surface area contributed by atoms with Gasteiger partial charge in [0, 0.05) is 6.04 Å². The lowest BCUT2D eigenvalue weighted by atomic mass is 9.75. The zero-order valence-corrected chi connectivity index (χ0v) is 15.6. The summed E-state index contributed by atoms with van der Waals surface area (Å²) in [6.45, 7) is 6.68. The molecule has 6 nitrogen and oxygen atoms in total. The van der Waals surface area contributed by atoms with Gasteiger partial charge in [0.1, 0.15) is 6.10 Å². The maximum atomic E-state index is 12.3. The number of esters is 1. The smallest absolute Gasteiger partial charge is 0.316 e. The van der Waals surface area contributed by atoms with Crippen molar-refractivity contribution in [2.24, 2.45) is 17.8 Å². The lowest BCUT2D eigenvalue weighted by Crippen LogP contribution is -2.36. The van der Waals surface area contributed by atoms with Crippen molar-refractivity contribution < 1.29 is 9.53 Å². The number of anilines is 1. The molecule has 7 heteroatoms. The Labute approximate surface area is 147 Å². The van der Waals surface area contributed by atoms with Crippen LogP contribution in [-0.2, 0) is 9.53 Å². The fraction of sp³-hybridized carbons (Fsp3) is 0.824. The summed E-state index contributed by atoms with van der Waals surface area (Å²) < 4.78 is 7.77. The van der Waals surface area contributed by atoms with Gasteiger partial charge in [-0.1, -0.05) is 39.0 Å². The lowest BCUT2D eigenvalue weighted by Gasteiger charge is -2.36. The number of aromatic nitrogens is 3. The molecule has 3 rings (SSSR count). The first kappa shape index (κ1) is 17.6. The molecule has 0 bridgehead atoms. The van der Waals surface area contributed by atoms with E-state index < -0.39 is 0 Å². The number of thioether (sulfide) groups is 1. The minimum Gasteiger partial charge on any atom is -0.461 e. The van der Waals surface area contributed by atoms with E-state index in [1.165, 1.54) is 18.2 Å². The van der Waals surface area contributed by atoms with Crippen LogP contribution in [-0.4, -0.2) is 32.6 Å². The van der Waals surface area contributed by atoms with Crippen molar-refractivity contribution >= 4 is 23.7 Å². The molecule has 0 radical (unpaired) electrons. The molecule has 1 aromatic rings. The van der Waals surface area contributed by atoms with Crippen molar-refractivity contribution in [2.75, 3.05) is 11.5 Å². The van der Waals surface area contributed by atoms with E-state index in [1.54, 1.807) is 0 Å². The summed E-state index contributed by atoms with van der Waals surface area (Å²) in [5.74, 6) is 2.19. The number of rotatable bonds is 6. The second-order valence-corrected chi connectivity index (χ2v) is 8.53. The standard InChI is InChI=1S/C17H28N4O2S/c1-10(2)13-7-4-11(3)8-14(13)23-15(22)9-24-17-20-19-16(18)21(17)12-5-6-12/h10-14H,4-9H2,1-3H3,(H2,18,19)/t11-,13+,14+/m1/s1. The molecule has 2 aliphatic carbocycles. The molecular formula is C17H28N4O2S. The molecule has 0 spiro atoms. The van der Waals surface area contributed by atoms with Gasteiger partial charge in [-0.15, -0.1) is 10.2 Å². The molecule has 3 atom stereocenters. The van der Waals surface area contributed by atoms with Crippen molar-refractivity contribution in [1.29, 1.82) is 0 Å². The van der Waals surface area contributed by atoms with Crippen molar-refractivity contribution in [1.82, 2.24) is 14.8 Å².